The summed E-state index contributed by atoms with van der Waals surface area (Å²) in [6, 6.07) is 1.05. The highest BCUT2D eigenvalue weighted by atomic mass is 28.4. The fourth-order valence-corrected chi connectivity index (χ4v) is 4.79. The summed E-state index contributed by atoms with van der Waals surface area (Å²) in [5.74, 6) is 0. The van der Waals surface area contributed by atoms with Crippen LogP contribution in [0.15, 0.2) is 0 Å². The van der Waals surface area contributed by atoms with E-state index in [0.29, 0.717) is 12.1 Å². The van der Waals surface area contributed by atoms with Crippen molar-refractivity contribution in [2.24, 2.45) is 0 Å². The zero-order chi connectivity index (χ0) is 9.83. The lowest BCUT2D eigenvalue weighted by Gasteiger charge is -2.22. The van der Waals surface area contributed by atoms with Crippen molar-refractivity contribution < 1.29 is 18.4 Å². The van der Waals surface area contributed by atoms with Crippen LogP contribution in [0.25, 0.3) is 0 Å². The lowest BCUT2D eigenvalue weighted by molar-refractivity contribution is 0.282. The molecule has 0 aromatic heterocycles. The zero-order valence-corrected chi connectivity index (χ0v) is 10.1. The third-order valence-electron chi connectivity index (χ3n) is 1.93. The topological polar surface area (TPSA) is 58.9 Å². The van der Waals surface area contributed by atoms with Gasteiger partial charge in [-0.15, -0.1) is 0 Å². The van der Waals surface area contributed by atoms with Crippen LogP contribution in [-0.4, -0.2) is 40.9 Å². The highest BCUT2D eigenvalue weighted by molar-refractivity contribution is 6.70. The van der Waals surface area contributed by atoms with Crippen LogP contribution in [0.3, 0.4) is 0 Å². The van der Waals surface area contributed by atoms with E-state index in [1.807, 2.05) is 0 Å². The van der Waals surface area contributed by atoms with Gasteiger partial charge in [-0.3, -0.25) is 0 Å². The lowest BCUT2D eigenvalue weighted by atomic mass is 10.9. The van der Waals surface area contributed by atoms with Crippen molar-refractivity contribution in [3.63, 3.8) is 0 Å². The summed E-state index contributed by atoms with van der Waals surface area (Å²) in [6.45, 7) is 3.40. The Labute approximate surface area is 75.6 Å². The molecule has 0 aliphatic rings. The predicted molar refractivity (Wildman–Crippen MR) is 51.3 cm³/mol. The lowest BCUT2D eigenvalue weighted by Crippen LogP contribution is -2.39. The van der Waals surface area contributed by atoms with Gasteiger partial charge in [0.25, 0.3) is 0 Å². The molecule has 0 saturated carbocycles. The molecule has 0 aromatic rings. The van der Waals surface area contributed by atoms with E-state index in [2.05, 4.69) is 0 Å². The maximum absolute atomic E-state index is 9.55. The average Bonchev–Trinajstić information content (AvgIpc) is 2.02. The van der Waals surface area contributed by atoms with Crippen LogP contribution in [0.1, 0.15) is 0 Å². The van der Waals surface area contributed by atoms with E-state index in [1.165, 1.54) is 14.2 Å². The standard InChI is InChI=1S/C6H18O4Si2/c1-9-11(3,7)5-6-12(4,8)10-2/h7-8H,5-6H2,1-4H3. The van der Waals surface area contributed by atoms with E-state index in [0.717, 1.165) is 0 Å². The molecule has 0 amide bonds. The van der Waals surface area contributed by atoms with Gasteiger partial charge in [0.05, 0.1) is 0 Å². The van der Waals surface area contributed by atoms with Crippen molar-refractivity contribution in [3.8, 4) is 0 Å². The van der Waals surface area contributed by atoms with Crippen LogP contribution in [-0.2, 0) is 8.85 Å². The van der Waals surface area contributed by atoms with Crippen molar-refractivity contribution in [1.82, 2.24) is 0 Å². The molecular weight excluding hydrogens is 192 g/mol. The fourth-order valence-electron chi connectivity index (χ4n) is 0.668. The summed E-state index contributed by atoms with van der Waals surface area (Å²) in [6.07, 6.45) is 0. The second kappa shape index (κ2) is 4.49. The molecule has 2 atom stereocenters. The molecular formula is C6H18O4Si2. The van der Waals surface area contributed by atoms with Crippen LogP contribution in [0.2, 0.25) is 25.2 Å². The summed E-state index contributed by atoms with van der Waals surface area (Å²) < 4.78 is 9.86. The molecule has 74 valence electrons. The molecule has 0 spiro atoms. The van der Waals surface area contributed by atoms with Crippen LogP contribution in [0, 0.1) is 0 Å². The Kier molecular flexibility index (Phi) is 4.60. The summed E-state index contributed by atoms with van der Waals surface area (Å²) >= 11 is 0. The van der Waals surface area contributed by atoms with Gasteiger partial charge in [0.15, 0.2) is 0 Å². The Bertz CT molecular complexity index is 122. The maximum Gasteiger partial charge on any atom is 0.331 e. The smallest absolute Gasteiger partial charge is 0.331 e. The molecule has 2 unspecified atom stereocenters. The minimum Gasteiger partial charge on any atom is -0.411 e. The molecule has 0 radical (unpaired) electrons. The second-order valence-corrected chi connectivity index (χ2v) is 9.77. The monoisotopic (exact) mass is 210 g/mol. The van der Waals surface area contributed by atoms with Gasteiger partial charge in [-0.05, 0) is 25.2 Å². The van der Waals surface area contributed by atoms with Crippen LogP contribution >= 0.6 is 0 Å². The van der Waals surface area contributed by atoms with Gasteiger partial charge in [-0.1, -0.05) is 0 Å². The molecule has 0 fully saturated rings. The van der Waals surface area contributed by atoms with E-state index in [4.69, 9.17) is 8.85 Å². The van der Waals surface area contributed by atoms with Crippen LogP contribution < -0.4 is 0 Å². The van der Waals surface area contributed by atoms with Crippen molar-refractivity contribution in [2.75, 3.05) is 14.2 Å². The van der Waals surface area contributed by atoms with Crippen molar-refractivity contribution in [3.05, 3.63) is 0 Å². The van der Waals surface area contributed by atoms with Gasteiger partial charge >= 0.3 is 17.1 Å². The molecule has 2 N–H and O–H groups in total. The van der Waals surface area contributed by atoms with Crippen molar-refractivity contribution >= 4 is 17.1 Å². The number of hydrogen-bond acceptors (Lipinski definition) is 4. The molecule has 0 bridgehead atoms. The molecule has 4 nitrogen and oxygen atoms in total. The Balaban J connectivity index is 3.82. The molecule has 0 aromatic carbocycles. The second-order valence-electron chi connectivity index (χ2n) is 3.26. The van der Waals surface area contributed by atoms with Gasteiger partial charge in [0, 0.05) is 14.2 Å². The molecule has 6 heteroatoms. The van der Waals surface area contributed by atoms with Crippen molar-refractivity contribution in [2.45, 2.75) is 25.2 Å². The van der Waals surface area contributed by atoms with Crippen molar-refractivity contribution in [1.29, 1.82) is 0 Å². The van der Waals surface area contributed by atoms with E-state index in [-0.39, 0.29) is 0 Å². The predicted octanol–water partition coefficient (Wildman–Crippen LogP) is 0.408. The number of hydrogen-bond donors (Lipinski definition) is 2. The first-order chi connectivity index (χ1) is 5.33. The SMILES string of the molecule is CO[Si](C)(O)CC[Si](C)(O)OC. The van der Waals surface area contributed by atoms with Gasteiger partial charge in [0.1, 0.15) is 0 Å². The summed E-state index contributed by atoms with van der Waals surface area (Å²) in [7, 11) is -2.03. The third-order valence-corrected chi connectivity index (χ3v) is 6.55. The molecule has 0 aliphatic heterocycles. The van der Waals surface area contributed by atoms with E-state index < -0.39 is 17.1 Å². The summed E-state index contributed by atoms with van der Waals surface area (Å²) in [5, 5.41) is 0. The molecule has 0 saturated heterocycles. The van der Waals surface area contributed by atoms with Crippen LogP contribution in [0.4, 0.5) is 0 Å². The maximum atomic E-state index is 9.55. The highest BCUT2D eigenvalue weighted by Crippen LogP contribution is 2.16. The normalized spacial score (nSPS) is 21.5. The quantitative estimate of drug-likeness (QED) is 0.645. The Morgan fingerprint density at radius 2 is 1.17 bits per heavy atom. The summed E-state index contributed by atoms with van der Waals surface area (Å²) in [5.41, 5.74) is 0. The van der Waals surface area contributed by atoms with Gasteiger partial charge < -0.3 is 18.4 Å². The fraction of sp³-hybridized carbons (Fsp3) is 1.00. The molecule has 12 heavy (non-hydrogen) atoms. The van der Waals surface area contributed by atoms with Crippen LogP contribution in [0.5, 0.6) is 0 Å². The minimum atomic E-state index is -2.51. The Morgan fingerprint density at radius 3 is 1.33 bits per heavy atom. The van der Waals surface area contributed by atoms with Gasteiger partial charge in [0.2, 0.25) is 0 Å². The van der Waals surface area contributed by atoms with Gasteiger partial charge in [-0.2, -0.15) is 0 Å². The first-order valence-electron chi connectivity index (χ1n) is 3.88. The largest absolute Gasteiger partial charge is 0.411 e. The van der Waals surface area contributed by atoms with Gasteiger partial charge in [-0.25, -0.2) is 0 Å². The average molecular weight is 210 g/mol. The Hall–Kier alpha value is 0.274. The molecule has 0 rings (SSSR count). The number of rotatable bonds is 5. The summed E-state index contributed by atoms with van der Waals surface area (Å²) in [4.78, 5) is 19.1. The first kappa shape index (κ1) is 12.3. The first-order valence-corrected chi connectivity index (χ1v) is 9.00. The Morgan fingerprint density at radius 1 is 0.917 bits per heavy atom. The third kappa shape index (κ3) is 5.01. The minimum absolute atomic E-state index is 0.524. The van der Waals surface area contributed by atoms with E-state index in [1.54, 1.807) is 13.1 Å². The zero-order valence-electron chi connectivity index (χ0n) is 8.13. The van der Waals surface area contributed by atoms with E-state index >= 15 is 0 Å². The highest BCUT2D eigenvalue weighted by Gasteiger charge is 2.32. The molecule has 0 aliphatic carbocycles. The van der Waals surface area contributed by atoms with E-state index in [9.17, 15) is 9.59 Å². The molecule has 0 heterocycles.